The summed E-state index contributed by atoms with van der Waals surface area (Å²) in [4.78, 5) is 11.8. The van der Waals surface area contributed by atoms with Gasteiger partial charge in [-0.1, -0.05) is 194 Å². The Morgan fingerprint density at radius 3 is 1.13 bits per heavy atom. The van der Waals surface area contributed by atoms with E-state index in [2.05, 4.69) is 20.8 Å². The van der Waals surface area contributed by atoms with Gasteiger partial charge in [-0.3, -0.25) is 4.79 Å². The number of esters is 1. The Kier molecular flexibility index (Phi) is 32.2. The molecular weight excluding hydrogens is 464 g/mol. The van der Waals surface area contributed by atoms with E-state index < -0.39 is 0 Å². The number of rotatable bonds is 32. The van der Waals surface area contributed by atoms with E-state index in [0.717, 1.165) is 18.8 Å². The predicted octanol–water partition coefficient (Wildman–Crippen LogP) is 12.9. The fourth-order valence-corrected chi connectivity index (χ4v) is 5.50. The molecule has 2 heteroatoms. The molecule has 0 amide bonds. The van der Waals surface area contributed by atoms with Crippen molar-refractivity contribution in [3.8, 4) is 0 Å². The third-order valence-corrected chi connectivity index (χ3v) is 8.17. The quantitative estimate of drug-likeness (QED) is 0.0631. The van der Waals surface area contributed by atoms with E-state index in [1.165, 1.54) is 173 Å². The maximum atomic E-state index is 11.8. The molecule has 0 aliphatic heterocycles. The maximum absolute atomic E-state index is 11.8. The predicted molar refractivity (Wildman–Crippen MR) is 170 cm³/mol. The maximum Gasteiger partial charge on any atom is 0.305 e. The van der Waals surface area contributed by atoms with E-state index in [1.54, 1.807) is 0 Å². The first kappa shape index (κ1) is 37.5. The third-order valence-electron chi connectivity index (χ3n) is 8.17. The van der Waals surface area contributed by atoms with Gasteiger partial charge in [0.2, 0.25) is 0 Å². The van der Waals surface area contributed by atoms with E-state index in [1.807, 2.05) is 0 Å². The molecule has 0 aromatic rings. The van der Waals surface area contributed by atoms with Crippen LogP contribution in [0, 0.1) is 5.92 Å². The topological polar surface area (TPSA) is 26.3 Å². The molecule has 0 unspecified atom stereocenters. The van der Waals surface area contributed by atoms with Crippen LogP contribution < -0.4 is 0 Å². The second-order valence-corrected chi connectivity index (χ2v) is 12.7. The molecule has 0 aromatic heterocycles. The highest BCUT2D eigenvalue weighted by Crippen LogP contribution is 2.16. The van der Waals surface area contributed by atoms with Crippen LogP contribution in [0.15, 0.2) is 0 Å². The van der Waals surface area contributed by atoms with Gasteiger partial charge in [-0.05, 0) is 18.8 Å². The molecule has 0 radical (unpaired) electrons. The Morgan fingerprint density at radius 1 is 0.447 bits per heavy atom. The standard InChI is InChI=1S/C36H72O2/c1-4-5-6-7-8-20-24-27-30-33-36(37)38-34-31-28-25-22-19-17-15-13-11-9-10-12-14-16-18-21-23-26-29-32-35(2)3/h35H,4-34H2,1-3H3. The second-order valence-electron chi connectivity index (χ2n) is 12.7. The van der Waals surface area contributed by atoms with Gasteiger partial charge in [0.25, 0.3) is 0 Å². The minimum Gasteiger partial charge on any atom is -0.466 e. The summed E-state index contributed by atoms with van der Waals surface area (Å²) < 4.78 is 5.42. The molecule has 0 rings (SSSR count). The SMILES string of the molecule is CCCCCCCCCCCC(=O)OCCCCCCCCCCCCCCCCCCCCCC(C)C. The first-order valence-electron chi connectivity index (χ1n) is 17.8. The summed E-state index contributed by atoms with van der Waals surface area (Å²) in [7, 11) is 0. The molecule has 0 heterocycles. The van der Waals surface area contributed by atoms with Crippen LogP contribution >= 0.6 is 0 Å². The van der Waals surface area contributed by atoms with E-state index in [9.17, 15) is 4.79 Å². The van der Waals surface area contributed by atoms with Crippen molar-refractivity contribution in [3.63, 3.8) is 0 Å². The molecule has 0 spiro atoms. The van der Waals surface area contributed by atoms with Crippen LogP contribution in [0.4, 0.5) is 0 Å². The summed E-state index contributed by atoms with van der Waals surface area (Å²) in [6.45, 7) is 7.58. The average Bonchev–Trinajstić information content (AvgIpc) is 2.90. The minimum atomic E-state index is 0.0239. The van der Waals surface area contributed by atoms with E-state index in [0.29, 0.717) is 13.0 Å². The molecule has 228 valence electrons. The number of carbonyl (C=O) groups excluding carboxylic acids is 1. The zero-order valence-corrected chi connectivity index (χ0v) is 26.8. The highest BCUT2D eigenvalue weighted by Gasteiger charge is 2.03. The summed E-state index contributed by atoms with van der Waals surface area (Å²) in [5, 5.41) is 0. The van der Waals surface area contributed by atoms with Crippen LogP contribution in [0.5, 0.6) is 0 Å². The van der Waals surface area contributed by atoms with Crippen molar-refractivity contribution in [2.24, 2.45) is 5.92 Å². The zero-order chi connectivity index (χ0) is 27.8. The van der Waals surface area contributed by atoms with Crippen LogP contribution in [-0.2, 0) is 9.53 Å². The van der Waals surface area contributed by atoms with Crippen molar-refractivity contribution in [1.82, 2.24) is 0 Å². The van der Waals surface area contributed by atoms with Gasteiger partial charge >= 0.3 is 5.97 Å². The Balaban J connectivity index is 3.12. The molecule has 0 N–H and O–H groups in total. The van der Waals surface area contributed by atoms with Crippen LogP contribution in [0.3, 0.4) is 0 Å². The van der Waals surface area contributed by atoms with E-state index >= 15 is 0 Å². The minimum absolute atomic E-state index is 0.0239. The summed E-state index contributed by atoms with van der Waals surface area (Å²) in [6.07, 6.45) is 40.3. The first-order valence-corrected chi connectivity index (χ1v) is 17.8. The lowest BCUT2D eigenvalue weighted by atomic mass is 10.0. The number of hydrogen-bond acceptors (Lipinski definition) is 2. The summed E-state index contributed by atoms with van der Waals surface area (Å²) in [5.41, 5.74) is 0. The molecule has 0 aromatic carbocycles. The molecule has 0 aliphatic carbocycles. The van der Waals surface area contributed by atoms with Gasteiger partial charge in [-0.25, -0.2) is 0 Å². The molecule has 0 aliphatic rings. The van der Waals surface area contributed by atoms with Crippen molar-refractivity contribution >= 4 is 5.97 Å². The van der Waals surface area contributed by atoms with Crippen LogP contribution in [0.25, 0.3) is 0 Å². The van der Waals surface area contributed by atoms with Gasteiger partial charge in [0.1, 0.15) is 0 Å². The van der Waals surface area contributed by atoms with Crippen molar-refractivity contribution in [3.05, 3.63) is 0 Å². The van der Waals surface area contributed by atoms with Gasteiger partial charge in [-0.2, -0.15) is 0 Å². The van der Waals surface area contributed by atoms with Gasteiger partial charge < -0.3 is 4.74 Å². The Morgan fingerprint density at radius 2 is 0.763 bits per heavy atom. The van der Waals surface area contributed by atoms with Gasteiger partial charge in [0, 0.05) is 6.42 Å². The molecule has 2 nitrogen and oxygen atoms in total. The normalized spacial score (nSPS) is 11.5. The molecule has 0 fully saturated rings. The Hall–Kier alpha value is -0.530. The fraction of sp³-hybridized carbons (Fsp3) is 0.972. The molecule has 0 atom stereocenters. The summed E-state index contributed by atoms with van der Waals surface area (Å²) in [5.74, 6) is 0.908. The third kappa shape index (κ3) is 33.5. The van der Waals surface area contributed by atoms with E-state index in [4.69, 9.17) is 4.74 Å². The van der Waals surface area contributed by atoms with Crippen molar-refractivity contribution in [2.45, 2.75) is 213 Å². The molecular formula is C36H72O2. The number of ether oxygens (including phenoxy) is 1. The highest BCUT2D eigenvalue weighted by molar-refractivity contribution is 5.69. The molecule has 0 bridgehead atoms. The summed E-state index contributed by atoms with van der Waals surface area (Å²) in [6, 6.07) is 0. The van der Waals surface area contributed by atoms with Gasteiger partial charge in [0.15, 0.2) is 0 Å². The van der Waals surface area contributed by atoms with Crippen molar-refractivity contribution in [1.29, 1.82) is 0 Å². The van der Waals surface area contributed by atoms with Gasteiger partial charge in [-0.15, -0.1) is 0 Å². The molecule has 0 saturated carbocycles. The monoisotopic (exact) mass is 537 g/mol. The lowest BCUT2D eigenvalue weighted by molar-refractivity contribution is -0.143. The van der Waals surface area contributed by atoms with Crippen molar-refractivity contribution < 1.29 is 9.53 Å². The second kappa shape index (κ2) is 32.7. The fourth-order valence-electron chi connectivity index (χ4n) is 5.50. The van der Waals surface area contributed by atoms with Crippen LogP contribution in [-0.4, -0.2) is 12.6 Å². The van der Waals surface area contributed by atoms with Crippen LogP contribution in [0.1, 0.15) is 213 Å². The number of carbonyl (C=O) groups is 1. The smallest absolute Gasteiger partial charge is 0.305 e. The number of unbranched alkanes of at least 4 members (excludes halogenated alkanes) is 26. The Bertz CT molecular complexity index is 445. The first-order chi connectivity index (χ1) is 18.7. The van der Waals surface area contributed by atoms with Crippen LogP contribution in [0.2, 0.25) is 0 Å². The average molecular weight is 537 g/mol. The summed E-state index contributed by atoms with van der Waals surface area (Å²) >= 11 is 0. The Labute approximate surface area is 241 Å². The van der Waals surface area contributed by atoms with E-state index in [-0.39, 0.29) is 5.97 Å². The number of hydrogen-bond donors (Lipinski definition) is 0. The molecule has 38 heavy (non-hydrogen) atoms. The largest absolute Gasteiger partial charge is 0.466 e. The zero-order valence-electron chi connectivity index (χ0n) is 26.8. The van der Waals surface area contributed by atoms with Crippen molar-refractivity contribution in [2.75, 3.05) is 6.61 Å². The lowest BCUT2D eigenvalue weighted by Crippen LogP contribution is -2.05. The lowest BCUT2D eigenvalue weighted by Gasteiger charge is -2.06. The highest BCUT2D eigenvalue weighted by atomic mass is 16.5. The molecule has 0 saturated heterocycles. The van der Waals surface area contributed by atoms with Gasteiger partial charge in [0.05, 0.1) is 6.61 Å².